The van der Waals surface area contributed by atoms with E-state index < -0.39 is 24.0 Å². The fraction of sp³-hybridized carbons (Fsp3) is 0.333. The number of aromatic nitrogens is 1. The van der Waals surface area contributed by atoms with Crippen LogP contribution < -0.4 is 10.2 Å². The van der Waals surface area contributed by atoms with Crippen LogP contribution in [0, 0.1) is 13.8 Å². The highest BCUT2D eigenvalue weighted by Gasteiger charge is 2.43. The van der Waals surface area contributed by atoms with Crippen LogP contribution in [-0.4, -0.2) is 35.1 Å². The number of rotatable bonds is 3. The van der Waals surface area contributed by atoms with Gasteiger partial charge in [0, 0.05) is 0 Å². The number of carbonyl (C=O) groups is 3. The second-order valence-corrected chi connectivity index (χ2v) is 6.53. The number of ether oxygens (including phenoxy) is 1. The standard InChI is InChI=1S/C18H19N3O5/c1-10-15(11(2)26-20-10)16(23)25-9-14(22)21-13-8-6-5-7-12(13)19-17(24)18(21,3)4/h5-8H,9H2,1-4H3,(H,19,24). The lowest BCUT2D eigenvalue weighted by Crippen LogP contribution is -2.59. The Kier molecular flexibility index (Phi) is 4.27. The summed E-state index contributed by atoms with van der Waals surface area (Å²) in [5.41, 5.74) is 0.551. The molecule has 0 fully saturated rings. The third kappa shape index (κ3) is 2.83. The first-order valence-corrected chi connectivity index (χ1v) is 8.07. The second-order valence-electron chi connectivity index (χ2n) is 6.53. The second kappa shape index (κ2) is 6.29. The van der Waals surface area contributed by atoms with Gasteiger partial charge in [-0.2, -0.15) is 0 Å². The average molecular weight is 357 g/mol. The Balaban J connectivity index is 1.83. The predicted octanol–water partition coefficient (Wildman–Crippen LogP) is 2.21. The van der Waals surface area contributed by atoms with Gasteiger partial charge in [0.2, 0.25) is 5.91 Å². The molecule has 0 saturated heterocycles. The molecule has 136 valence electrons. The smallest absolute Gasteiger partial charge is 0.344 e. The van der Waals surface area contributed by atoms with Gasteiger partial charge in [0.25, 0.3) is 5.91 Å². The van der Waals surface area contributed by atoms with Gasteiger partial charge in [0.05, 0.1) is 17.1 Å². The van der Waals surface area contributed by atoms with E-state index in [2.05, 4.69) is 10.5 Å². The molecule has 0 aliphatic carbocycles. The minimum absolute atomic E-state index is 0.203. The average Bonchev–Trinajstić information content (AvgIpc) is 2.92. The van der Waals surface area contributed by atoms with E-state index >= 15 is 0 Å². The van der Waals surface area contributed by atoms with Crippen molar-refractivity contribution in [2.24, 2.45) is 0 Å². The lowest BCUT2D eigenvalue weighted by Gasteiger charge is -2.41. The summed E-state index contributed by atoms with van der Waals surface area (Å²) in [4.78, 5) is 38.8. The fourth-order valence-electron chi connectivity index (χ4n) is 2.94. The first kappa shape index (κ1) is 17.7. The van der Waals surface area contributed by atoms with E-state index in [0.29, 0.717) is 22.8 Å². The van der Waals surface area contributed by atoms with Crippen molar-refractivity contribution in [2.75, 3.05) is 16.8 Å². The van der Waals surface area contributed by atoms with Gasteiger partial charge in [0.15, 0.2) is 6.61 Å². The number of esters is 1. The molecule has 0 radical (unpaired) electrons. The molecule has 2 heterocycles. The monoisotopic (exact) mass is 357 g/mol. The highest BCUT2D eigenvalue weighted by molar-refractivity contribution is 6.14. The van der Waals surface area contributed by atoms with E-state index in [1.54, 1.807) is 52.0 Å². The van der Waals surface area contributed by atoms with E-state index in [-0.39, 0.29) is 11.5 Å². The molecule has 3 rings (SSSR count). The number of carbonyl (C=O) groups excluding carboxylic acids is 3. The summed E-state index contributed by atoms with van der Waals surface area (Å²) in [6.45, 7) is 5.96. The Bertz CT molecular complexity index is 880. The van der Waals surface area contributed by atoms with Crippen LogP contribution in [0.1, 0.15) is 35.7 Å². The van der Waals surface area contributed by atoms with Crippen LogP contribution in [0.3, 0.4) is 0 Å². The van der Waals surface area contributed by atoms with Crippen LogP contribution >= 0.6 is 0 Å². The van der Waals surface area contributed by atoms with Crippen molar-refractivity contribution in [1.29, 1.82) is 0 Å². The summed E-state index contributed by atoms with van der Waals surface area (Å²) in [5, 5.41) is 6.47. The van der Waals surface area contributed by atoms with Gasteiger partial charge in [-0.3, -0.25) is 14.5 Å². The number of aryl methyl sites for hydroxylation is 2. The molecule has 1 aromatic heterocycles. The Labute approximate surface area is 150 Å². The van der Waals surface area contributed by atoms with Crippen molar-refractivity contribution in [3.63, 3.8) is 0 Å². The third-order valence-electron chi connectivity index (χ3n) is 4.32. The van der Waals surface area contributed by atoms with Crippen molar-refractivity contribution in [2.45, 2.75) is 33.2 Å². The van der Waals surface area contributed by atoms with E-state index in [0.717, 1.165) is 0 Å². The fourth-order valence-corrected chi connectivity index (χ4v) is 2.94. The molecule has 1 aliphatic heterocycles. The summed E-state index contributed by atoms with van der Waals surface area (Å²) < 4.78 is 10.1. The number of anilines is 2. The zero-order valence-electron chi connectivity index (χ0n) is 15.0. The highest BCUT2D eigenvalue weighted by Crippen LogP contribution is 2.36. The molecule has 2 aromatic rings. The quantitative estimate of drug-likeness (QED) is 0.845. The van der Waals surface area contributed by atoms with Gasteiger partial charge in [-0.05, 0) is 39.8 Å². The molecule has 1 aliphatic rings. The first-order valence-electron chi connectivity index (χ1n) is 8.07. The van der Waals surface area contributed by atoms with Gasteiger partial charge in [-0.15, -0.1) is 0 Å². The molecule has 1 N–H and O–H groups in total. The molecule has 1 aromatic carbocycles. The lowest BCUT2D eigenvalue weighted by molar-refractivity contribution is -0.128. The lowest BCUT2D eigenvalue weighted by atomic mass is 9.96. The Morgan fingerprint density at radius 2 is 1.96 bits per heavy atom. The van der Waals surface area contributed by atoms with Crippen molar-refractivity contribution in [1.82, 2.24) is 5.16 Å². The van der Waals surface area contributed by atoms with Crippen LogP contribution in [0.15, 0.2) is 28.8 Å². The van der Waals surface area contributed by atoms with Crippen molar-refractivity contribution in [3.05, 3.63) is 41.3 Å². The summed E-state index contributed by atoms with van der Waals surface area (Å²) >= 11 is 0. The summed E-state index contributed by atoms with van der Waals surface area (Å²) in [6, 6.07) is 6.96. The zero-order chi connectivity index (χ0) is 19.1. The molecule has 8 nitrogen and oxygen atoms in total. The van der Waals surface area contributed by atoms with Crippen molar-refractivity contribution < 1.29 is 23.6 Å². The Hall–Kier alpha value is -3.16. The first-order chi connectivity index (χ1) is 12.2. The van der Waals surface area contributed by atoms with Crippen LogP contribution in [0.2, 0.25) is 0 Å². The van der Waals surface area contributed by atoms with E-state index in [1.807, 2.05) is 0 Å². The number of nitrogens with one attached hydrogen (secondary N) is 1. The molecule has 0 spiro atoms. The predicted molar refractivity (Wildman–Crippen MR) is 92.9 cm³/mol. The largest absolute Gasteiger partial charge is 0.452 e. The zero-order valence-corrected chi connectivity index (χ0v) is 15.0. The number of amides is 2. The summed E-state index contributed by atoms with van der Waals surface area (Å²) in [7, 11) is 0. The molecule has 0 atom stereocenters. The number of hydrogen-bond donors (Lipinski definition) is 1. The van der Waals surface area contributed by atoms with Gasteiger partial charge < -0.3 is 14.6 Å². The van der Waals surface area contributed by atoms with Crippen molar-refractivity contribution in [3.8, 4) is 0 Å². The minimum Gasteiger partial charge on any atom is -0.452 e. The van der Waals surface area contributed by atoms with E-state index in [1.165, 1.54) is 4.90 Å². The Morgan fingerprint density at radius 3 is 2.62 bits per heavy atom. The topological polar surface area (TPSA) is 102 Å². The van der Waals surface area contributed by atoms with Gasteiger partial charge in [-0.1, -0.05) is 17.3 Å². The number of benzene rings is 1. The molecular weight excluding hydrogens is 338 g/mol. The summed E-state index contributed by atoms with van der Waals surface area (Å²) in [5.74, 6) is -1.19. The maximum Gasteiger partial charge on any atom is 0.344 e. The molecule has 0 saturated carbocycles. The van der Waals surface area contributed by atoms with Gasteiger partial charge in [-0.25, -0.2) is 4.79 Å². The molecular formula is C18H19N3O5. The summed E-state index contributed by atoms with van der Waals surface area (Å²) in [6.07, 6.45) is 0. The van der Waals surface area contributed by atoms with E-state index in [4.69, 9.17) is 9.26 Å². The Morgan fingerprint density at radius 1 is 1.27 bits per heavy atom. The molecule has 2 amide bonds. The maximum atomic E-state index is 12.8. The molecule has 0 bridgehead atoms. The van der Waals surface area contributed by atoms with Crippen LogP contribution in [0.5, 0.6) is 0 Å². The molecule has 0 unspecified atom stereocenters. The normalized spacial score (nSPS) is 15.2. The van der Waals surface area contributed by atoms with Crippen LogP contribution in [0.25, 0.3) is 0 Å². The van der Waals surface area contributed by atoms with Crippen LogP contribution in [-0.2, 0) is 14.3 Å². The van der Waals surface area contributed by atoms with E-state index in [9.17, 15) is 14.4 Å². The minimum atomic E-state index is -1.12. The maximum absolute atomic E-state index is 12.8. The molecule has 8 heteroatoms. The number of fused-ring (bicyclic) bond motifs is 1. The van der Waals surface area contributed by atoms with Crippen LogP contribution in [0.4, 0.5) is 11.4 Å². The van der Waals surface area contributed by atoms with Crippen molar-refractivity contribution >= 4 is 29.2 Å². The SMILES string of the molecule is Cc1noc(C)c1C(=O)OCC(=O)N1c2ccccc2NC(=O)C1(C)C. The number of para-hydroxylation sites is 2. The highest BCUT2D eigenvalue weighted by atomic mass is 16.5. The third-order valence-corrected chi connectivity index (χ3v) is 4.32. The molecule has 26 heavy (non-hydrogen) atoms. The number of nitrogens with zero attached hydrogens (tertiary/aromatic N) is 2. The van der Waals surface area contributed by atoms with Gasteiger partial charge >= 0.3 is 5.97 Å². The number of hydrogen-bond acceptors (Lipinski definition) is 6. The van der Waals surface area contributed by atoms with Gasteiger partial charge in [0.1, 0.15) is 16.9 Å².